The second-order valence-corrected chi connectivity index (χ2v) is 6.60. The Morgan fingerprint density at radius 2 is 1.79 bits per heavy atom. The van der Waals surface area contributed by atoms with Crippen LogP contribution in [0.1, 0.15) is 28.8 Å². The normalized spacial score (nSPS) is 10.2. The number of hydrogen-bond donors (Lipinski definition) is 2. The van der Waals surface area contributed by atoms with Gasteiger partial charge in [-0.3, -0.25) is 9.59 Å². The van der Waals surface area contributed by atoms with E-state index in [1.807, 2.05) is 31.2 Å². The maximum absolute atomic E-state index is 12.2. The molecular formula is C21H25ClN2O4. The Labute approximate surface area is 170 Å². The fourth-order valence-electron chi connectivity index (χ4n) is 2.55. The molecule has 0 aromatic heterocycles. The number of nitrogens with one attached hydrogen (secondary N) is 2. The molecule has 0 radical (unpaired) electrons. The number of hydrogen-bond acceptors (Lipinski definition) is 4. The van der Waals surface area contributed by atoms with Gasteiger partial charge in [-0.25, -0.2) is 0 Å². The fourth-order valence-corrected chi connectivity index (χ4v) is 2.72. The Bertz CT molecular complexity index is 811. The van der Waals surface area contributed by atoms with E-state index in [0.29, 0.717) is 48.9 Å². The van der Waals surface area contributed by atoms with Crippen molar-refractivity contribution in [1.82, 2.24) is 10.6 Å². The monoisotopic (exact) mass is 404 g/mol. The van der Waals surface area contributed by atoms with E-state index in [1.54, 1.807) is 18.2 Å². The molecule has 2 aromatic rings. The first-order valence-electron chi connectivity index (χ1n) is 9.08. The summed E-state index contributed by atoms with van der Waals surface area (Å²) in [4.78, 5) is 24.1. The van der Waals surface area contributed by atoms with E-state index in [0.717, 1.165) is 11.3 Å². The minimum Gasteiger partial charge on any atom is -0.496 e. The number of carbonyl (C=O) groups is 2. The van der Waals surface area contributed by atoms with Crippen molar-refractivity contribution in [3.63, 3.8) is 0 Å². The number of benzene rings is 2. The molecule has 2 rings (SSSR count). The lowest BCUT2D eigenvalue weighted by molar-refractivity contribution is -0.121. The summed E-state index contributed by atoms with van der Waals surface area (Å²) < 4.78 is 10.8. The Balaban J connectivity index is 1.63. The number of rotatable bonds is 10. The molecule has 2 N–H and O–H groups in total. The summed E-state index contributed by atoms with van der Waals surface area (Å²) in [7, 11) is 1.49. The van der Waals surface area contributed by atoms with Crippen LogP contribution in [0.25, 0.3) is 0 Å². The van der Waals surface area contributed by atoms with Gasteiger partial charge in [-0.2, -0.15) is 0 Å². The van der Waals surface area contributed by atoms with Gasteiger partial charge in [0.2, 0.25) is 5.91 Å². The zero-order valence-corrected chi connectivity index (χ0v) is 16.8. The Morgan fingerprint density at radius 3 is 2.54 bits per heavy atom. The summed E-state index contributed by atoms with van der Waals surface area (Å²) in [6.07, 6.45) is 0.980. The van der Waals surface area contributed by atoms with Gasteiger partial charge < -0.3 is 20.1 Å². The molecule has 0 unspecified atom stereocenters. The van der Waals surface area contributed by atoms with Gasteiger partial charge in [0, 0.05) is 24.5 Å². The maximum Gasteiger partial charge on any atom is 0.255 e. The van der Waals surface area contributed by atoms with Crippen LogP contribution in [0.15, 0.2) is 42.5 Å². The molecule has 6 nitrogen and oxygen atoms in total. The Hall–Kier alpha value is -2.73. The van der Waals surface area contributed by atoms with E-state index in [1.165, 1.54) is 7.11 Å². The Morgan fingerprint density at radius 1 is 1.04 bits per heavy atom. The lowest BCUT2D eigenvalue weighted by Crippen LogP contribution is -2.34. The predicted octanol–water partition coefficient (Wildman–Crippen LogP) is 3.36. The number of ether oxygens (including phenoxy) is 2. The standard InChI is InChI=1S/C21H25ClN2O4/c1-15-6-3-4-7-18(15)28-13-5-8-20(25)23-11-12-24-21(26)17-14-16(22)9-10-19(17)27-2/h3-4,6-7,9-10,14H,5,8,11-13H2,1-2H3,(H,23,25)(H,24,26). The molecule has 7 heteroatoms. The molecule has 0 aliphatic carbocycles. The van der Waals surface area contributed by atoms with Gasteiger partial charge in [0.05, 0.1) is 19.3 Å². The first kappa shape index (κ1) is 21.6. The predicted molar refractivity (Wildman–Crippen MR) is 109 cm³/mol. The molecular weight excluding hydrogens is 380 g/mol. The molecule has 150 valence electrons. The lowest BCUT2D eigenvalue weighted by Gasteiger charge is -2.11. The number of para-hydroxylation sites is 1. The molecule has 0 aliphatic rings. The number of methoxy groups -OCH3 is 1. The minimum absolute atomic E-state index is 0.0806. The third-order valence-electron chi connectivity index (χ3n) is 4.04. The highest BCUT2D eigenvalue weighted by molar-refractivity contribution is 6.31. The van der Waals surface area contributed by atoms with Crippen LogP contribution in [0, 0.1) is 6.92 Å². The largest absolute Gasteiger partial charge is 0.496 e. The van der Waals surface area contributed by atoms with Gasteiger partial charge in [0.15, 0.2) is 0 Å². The molecule has 0 saturated heterocycles. The number of halogens is 1. The summed E-state index contributed by atoms with van der Waals surface area (Å²) in [5.74, 6) is 0.893. The van der Waals surface area contributed by atoms with Crippen LogP contribution >= 0.6 is 11.6 Å². The van der Waals surface area contributed by atoms with Crippen molar-refractivity contribution in [3.8, 4) is 11.5 Å². The van der Waals surface area contributed by atoms with Gasteiger partial charge in [0.25, 0.3) is 5.91 Å². The molecule has 2 aromatic carbocycles. The Kier molecular flexibility index (Phi) is 8.62. The number of amides is 2. The van der Waals surface area contributed by atoms with Gasteiger partial charge >= 0.3 is 0 Å². The van der Waals surface area contributed by atoms with Crippen LogP contribution in [0.4, 0.5) is 0 Å². The highest BCUT2D eigenvalue weighted by Crippen LogP contribution is 2.22. The first-order chi connectivity index (χ1) is 13.5. The average molecular weight is 405 g/mol. The third kappa shape index (κ3) is 6.78. The molecule has 0 fully saturated rings. The van der Waals surface area contributed by atoms with E-state index in [2.05, 4.69) is 10.6 Å². The fraction of sp³-hybridized carbons (Fsp3) is 0.333. The molecule has 0 aliphatic heterocycles. The molecule has 0 atom stereocenters. The number of aryl methyl sites for hydroxylation is 1. The topological polar surface area (TPSA) is 76.7 Å². The molecule has 0 saturated carbocycles. The highest BCUT2D eigenvalue weighted by atomic mass is 35.5. The van der Waals surface area contributed by atoms with E-state index in [-0.39, 0.29) is 11.8 Å². The molecule has 0 bridgehead atoms. The first-order valence-corrected chi connectivity index (χ1v) is 9.46. The van der Waals surface area contributed by atoms with Crippen LogP contribution in [-0.2, 0) is 4.79 Å². The van der Waals surface area contributed by atoms with Crippen molar-refractivity contribution in [2.45, 2.75) is 19.8 Å². The number of carbonyl (C=O) groups excluding carboxylic acids is 2. The van der Waals surface area contributed by atoms with E-state index in [4.69, 9.17) is 21.1 Å². The second kappa shape index (κ2) is 11.2. The minimum atomic E-state index is -0.305. The lowest BCUT2D eigenvalue weighted by atomic mass is 10.2. The maximum atomic E-state index is 12.2. The molecule has 2 amide bonds. The van der Waals surface area contributed by atoms with Crippen molar-refractivity contribution in [2.24, 2.45) is 0 Å². The quantitative estimate of drug-likeness (QED) is 0.595. The van der Waals surface area contributed by atoms with Crippen molar-refractivity contribution < 1.29 is 19.1 Å². The van der Waals surface area contributed by atoms with Crippen LogP contribution in [0.3, 0.4) is 0 Å². The van der Waals surface area contributed by atoms with Gasteiger partial charge in [0.1, 0.15) is 11.5 Å². The van der Waals surface area contributed by atoms with Crippen LogP contribution in [0.5, 0.6) is 11.5 Å². The van der Waals surface area contributed by atoms with Crippen LogP contribution < -0.4 is 20.1 Å². The molecule has 28 heavy (non-hydrogen) atoms. The van der Waals surface area contributed by atoms with E-state index >= 15 is 0 Å². The van der Waals surface area contributed by atoms with Crippen LogP contribution in [-0.4, -0.2) is 38.6 Å². The van der Waals surface area contributed by atoms with Crippen LogP contribution in [0.2, 0.25) is 5.02 Å². The molecule has 0 heterocycles. The zero-order valence-electron chi connectivity index (χ0n) is 16.1. The highest BCUT2D eigenvalue weighted by Gasteiger charge is 2.12. The van der Waals surface area contributed by atoms with Crippen molar-refractivity contribution in [1.29, 1.82) is 0 Å². The average Bonchev–Trinajstić information content (AvgIpc) is 2.69. The van der Waals surface area contributed by atoms with E-state index in [9.17, 15) is 9.59 Å². The van der Waals surface area contributed by atoms with Crippen molar-refractivity contribution >= 4 is 23.4 Å². The van der Waals surface area contributed by atoms with Crippen molar-refractivity contribution in [3.05, 3.63) is 58.6 Å². The zero-order chi connectivity index (χ0) is 20.4. The van der Waals surface area contributed by atoms with Gasteiger partial charge in [-0.15, -0.1) is 0 Å². The smallest absolute Gasteiger partial charge is 0.255 e. The summed E-state index contributed by atoms with van der Waals surface area (Å²) in [6.45, 7) is 3.10. The molecule has 0 spiro atoms. The summed E-state index contributed by atoms with van der Waals surface area (Å²) >= 11 is 5.93. The van der Waals surface area contributed by atoms with Gasteiger partial charge in [-0.1, -0.05) is 29.8 Å². The van der Waals surface area contributed by atoms with Gasteiger partial charge in [-0.05, 0) is 43.2 Å². The second-order valence-electron chi connectivity index (χ2n) is 6.17. The van der Waals surface area contributed by atoms with E-state index < -0.39 is 0 Å². The third-order valence-corrected chi connectivity index (χ3v) is 4.27. The SMILES string of the molecule is COc1ccc(Cl)cc1C(=O)NCCNC(=O)CCCOc1ccccc1C. The summed E-state index contributed by atoms with van der Waals surface area (Å²) in [6, 6.07) is 12.6. The summed E-state index contributed by atoms with van der Waals surface area (Å²) in [5.41, 5.74) is 1.42. The summed E-state index contributed by atoms with van der Waals surface area (Å²) in [5, 5.41) is 5.96. The van der Waals surface area contributed by atoms with Crippen molar-refractivity contribution in [2.75, 3.05) is 26.8 Å².